The topological polar surface area (TPSA) is 58.6 Å². The summed E-state index contributed by atoms with van der Waals surface area (Å²) in [7, 11) is 0. The molecule has 26 heavy (non-hydrogen) atoms. The van der Waals surface area contributed by atoms with E-state index >= 15 is 0 Å². The van der Waals surface area contributed by atoms with Gasteiger partial charge in [-0.3, -0.25) is 4.79 Å². The molecule has 138 valence electrons. The molecule has 2 heterocycles. The first kappa shape index (κ1) is 18.7. The first-order chi connectivity index (χ1) is 12.6. The summed E-state index contributed by atoms with van der Waals surface area (Å²) in [5, 5.41) is 0. The summed E-state index contributed by atoms with van der Waals surface area (Å²) >= 11 is 11.3. The quantitative estimate of drug-likeness (QED) is 0.729. The average molecular weight is 395 g/mol. The van der Waals surface area contributed by atoms with Gasteiger partial charge >= 0.3 is 0 Å². The van der Waals surface area contributed by atoms with Crippen molar-refractivity contribution in [3.8, 4) is 17.0 Å². The lowest BCUT2D eigenvalue weighted by molar-refractivity contribution is -0.129. The van der Waals surface area contributed by atoms with E-state index in [1.165, 1.54) is 0 Å². The Morgan fingerprint density at radius 3 is 2.46 bits per heavy atom. The van der Waals surface area contributed by atoms with Crippen LogP contribution in [0.1, 0.15) is 6.92 Å². The minimum Gasteiger partial charge on any atom is -0.494 e. The van der Waals surface area contributed by atoms with Gasteiger partial charge in [0.05, 0.1) is 12.3 Å². The number of hydrogen-bond acceptors (Lipinski definition) is 5. The first-order valence-electron chi connectivity index (χ1n) is 8.46. The molecule has 0 bridgehead atoms. The van der Waals surface area contributed by atoms with Crippen LogP contribution in [-0.2, 0) is 4.79 Å². The van der Waals surface area contributed by atoms with Gasteiger partial charge in [0.1, 0.15) is 5.75 Å². The maximum atomic E-state index is 11.9. The van der Waals surface area contributed by atoms with Gasteiger partial charge in [-0.2, -0.15) is 0 Å². The fraction of sp³-hybridized carbons (Fsp3) is 0.389. The largest absolute Gasteiger partial charge is 0.494 e. The van der Waals surface area contributed by atoms with Crippen molar-refractivity contribution in [3.63, 3.8) is 0 Å². The van der Waals surface area contributed by atoms with Crippen LogP contribution in [0.15, 0.2) is 36.5 Å². The second kappa shape index (κ2) is 8.56. The van der Waals surface area contributed by atoms with Crippen LogP contribution >= 0.6 is 23.2 Å². The van der Waals surface area contributed by atoms with Crippen LogP contribution in [0.3, 0.4) is 0 Å². The van der Waals surface area contributed by atoms with E-state index in [9.17, 15) is 4.79 Å². The Morgan fingerprint density at radius 1 is 1.15 bits per heavy atom. The number of hydrogen-bond donors (Lipinski definition) is 0. The van der Waals surface area contributed by atoms with Gasteiger partial charge in [0.25, 0.3) is 5.91 Å². The van der Waals surface area contributed by atoms with E-state index in [0.717, 1.165) is 17.0 Å². The minimum atomic E-state index is -1.01. The Balaban J connectivity index is 1.69. The summed E-state index contributed by atoms with van der Waals surface area (Å²) < 4.78 is 5.47. The molecule has 3 rings (SSSR count). The molecular formula is C18H20Cl2N4O2. The van der Waals surface area contributed by atoms with Crippen LogP contribution in [0.5, 0.6) is 5.75 Å². The number of aromatic nitrogens is 2. The molecule has 1 aliphatic rings. The number of anilines is 1. The van der Waals surface area contributed by atoms with Crippen molar-refractivity contribution in [1.29, 1.82) is 0 Å². The highest BCUT2D eigenvalue weighted by molar-refractivity contribution is 6.53. The number of benzene rings is 1. The normalized spacial score (nSPS) is 14.6. The molecule has 6 nitrogen and oxygen atoms in total. The lowest BCUT2D eigenvalue weighted by Gasteiger charge is -2.35. The van der Waals surface area contributed by atoms with Gasteiger partial charge in [-0.1, -0.05) is 23.2 Å². The SMILES string of the molecule is CCOc1ccc(-c2ccnc(N3CCN(C(=O)C(Cl)Cl)CC3)n2)cc1. The zero-order chi connectivity index (χ0) is 18.5. The van der Waals surface area contributed by atoms with Gasteiger partial charge in [-0.15, -0.1) is 0 Å². The Hall–Kier alpha value is -2.05. The van der Waals surface area contributed by atoms with Crippen molar-refractivity contribution in [2.75, 3.05) is 37.7 Å². The van der Waals surface area contributed by atoms with E-state index in [2.05, 4.69) is 14.9 Å². The first-order valence-corrected chi connectivity index (χ1v) is 9.34. The van der Waals surface area contributed by atoms with Gasteiger partial charge < -0.3 is 14.5 Å². The highest BCUT2D eigenvalue weighted by Gasteiger charge is 2.25. The fourth-order valence-corrected chi connectivity index (χ4v) is 3.09. The monoisotopic (exact) mass is 394 g/mol. The molecule has 1 aromatic carbocycles. The summed E-state index contributed by atoms with van der Waals surface area (Å²) in [6.45, 7) is 4.97. The molecule has 8 heteroatoms. The average Bonchev–Trinajstić information content (AvgIpc) is 2.68. The molecule has 0 saturated carbocycles. The molecule has 0 radical (unpaired) electrons. The summed E-state index contributed by atoms with van der Waals surface area (Å²) in [6, 6.07) is 9.70. The van der Waals surface area contributed by atoms with Crippen molar-refractivity contribution in [1.82, 2.24) is 14.9 Å². The van der Waals surface area contributed by atoms with E-state index in [1.807, 2.05) is 37.3 Å². The van der Waals surface area contributed by atoms with E-state index in [0.29, 0.717) is 38.7 Å². The van der Waals surface area contributed by atoms with Crippen LogP contribution in [0.2, 0.25) is 0 Å². The van der Waals surface area contributed by atoms with Crippen molar-refractivity contribution < 1.29 is 9.53 Å². The van der Waals surface area contributed by atoms with E-state index < -0.39 is 4.84 Å². The number of alkyl halides is 2. The van der Waals surface area contributed by atoms with Gasteiger partial charge in [-0.05, 0) is 37.3 Å². The van der Waals surface area contributed by atoms with Crippen LogP contribution in [0.25, 0.3) is 11.3 Å². The van der Waals surface area contributed by atoms with Crippen LogP contribution in [0, 0.1) is 0 Å². The van der Waals surface area contributed by atoms with Crippen molar-refractivity contribution in [3.05, 3.63) is 36.5 Å². The number of carbonyl (C=O) groups excluding carboxylic acids is 1. The van der Waals surface area contributed by atoms with Gasteiger partial charge in [0, 0.05) is 37.9 Å². The number of halogens is 2. The van der Waals surface area contributed by atoms with E-state index in [-0.39, 0.29) is 5.91 Å². The molecule has 1 aromatic heterocycles. The summed E-state index contributed by atoms with van der Waals surface area (Å²) in [5.41, 5.74) is 1.84. The number of ether oxygens (including phenoxy) is 1. The molecular weight excluding hydrogens is 375 g/mol. The lowest BCUT2D eigenvalue weighted by atomic mass is 10.1. The Labute approximate surface area is 162 Å². The highest BCUT2D eigenvalue weighted by Crippen LogP contribution is 2.23. The van der Waals surface area contributed by atoms with Crippen molar-refractivity contribution >= 4 is 35.1 Å². The Kier molecular flexibility index (Phi) is 6.16. The zero-order valence-electron chi connectivity index (χ0n) is 14.4. The fourth-order valence-electron chi connectivity index (χ4n) is 2.81. The van der Waals surface area contributed by atoms with Crippen LogP contribution < -0.4 is 9.64 Å². The Morgan fingerprint density at radius 2 is 1.85 bits per heavy atom. The van der Waals surface area contributed by atoms with Crippen molar-refractivity contribution in [2.45, 2.75) is 11.8 Å². The molecule has 0 N–H and O–H groups in total. The molecule has 0 spiro atoms. The zero-order valence-corrected chi connectivity index (χ0v) is 16.0. The molecule has 0 aliphatic carbocycles. The van der Waals surface area contributed by atoms with Gasteiger partial charge in [-0.25, -0.2) is 9.97 Å². The summed E-state index contributed by atoms with van der Waals surface area (Å²) in [6.07, 6.45) is 1.75. The number of piperazine rings is 1. The third kappa shape index (κ3) is 4.37. The predicted octanol–water partition coefficient (Wildman–Crippen LogP) is 2.99. The minimum absolute atomic E-state index is 0.253. The standard InChI is InChI=1S/C18H20Cl2N4O2/c1-2-26-14-5-3-13(4-6-14)15-7-8-21-18(22-15)24-11-9-23(10-12-24)17(25)16(19)20/h3-8,16H,2,9-12H2,1H3. The molecule has 0 atom stereocenters. The molecule has 1 fully saturated rings. The second-order valence-electron chi connectivity index (χ2n) is 5.81. The van der Waals surface area contributed by atoms with E-state index in [1.54, 1.807) is 11.1 Å². The van der Waals surface area contributed by atoms with Crippen LogP contribution in [-0.4, -0.2) is 58.4 Å². The molecule has 1 saturated heterocycles. The highest BCUT2D eigenvalue weighted by atomic mass is 35.5. The third-order valence-corrected chi connectivity index (χ3v) is 4.54. The van der Waals surface area contributed by atoms with E-state index in [4.69, 9.17) is 27.9 Å². The third-order valence-electron chi connectivity index (χ3n) is 4.16. The van der Waals surface area contributed by atoms with Crippen LogP contribution in [0.4, 0.5) is 5.95 Å². The molecule has 2 aromatic rings. The number of nitrogens with zero attached hydrogens (tertiary/aromatic N) is 4. The lowest BCUT2D eigenvalue weighted by Crippen LogP contribution is -2.50. The Bertz CT molecular complexity index is 747. The maximum Gasteiger partial charge on any atom is 0.255 e. The molecule has 0 unspecified atom stereocenters. The predicted molar refractivity (Wildman–Crippen MR) is 103 cm³/mol. The van der Waals surface area contributed by atoms with Gasteiger partial charge in [0.15, 0.2) is 4.84 Å². The molecule has 1 amide bonds. The number of rotatable bonds is 5. The summed E-state index contributed by atoms with van der Waals surface area (Å²) in [5.74, 6) is 1.23. The maximum absolute atomic E-state index is 11.9. The second-order valence-corrected chi connectivity index (χ2v) is 6.91. The van der Waals surface area contributed by atoms with Gasteiger partial charge in [0.2, 0.25) is 5.95 Å². The number of carbonyl (C=O) groups is 1. The smallest absolute Gasteiger partial charge is 0.255 e. The number of amides is 1. The van der Waals surface area contributed by atoms with Crippen molar-refractivity contribution in [2.24, 2.45) is 0 Å². The summed E-state index contributed by atoms with van der Waals surface area (Å²) in [4.78, 5) is 23.6. The molecule has 1 aliphatic heterocycles.